The summed E-state index contributed by atoms with van der Waals surface area (Å²) in [6.45, 7) is 1.79. The zero-order chi connectivity index (χ0) is 26.7. The first-order chi connectivity index (χ1) is 17.8. The second-order valence-corrected chi connectivity index (χ2v) is 9.81. The van der Waals surface area contributed by atoms with Gasteiger partial charge in [0.15, 0.2) is 5.76 Å². The zero-order valence-electron chi connectivity index (χ0n) is 20.1. The lowest BCUT2D eigenvalue weighted by Gasteiger charge is -2.36. The van der Waals surface area contributed by atoms with Gasteiger partial charge in [0, 0.05) is 21.6 Å². The molecule has 1 N–H and O–H groups in total. The molecule has 37 heavy (non-hydrogen) atoms. The van der Waals surface area contributed by atoms with Crippen molar-refractivity contribution >= 4 is 55.2 Å². The number of halogens is 3. The van der Waals surface area contributed by atoms with Gasteiger partial charge in [-0.15, -0.1) is 0 Å². The van der Waals surface area contributed by atoms with E-state index in [-0.39, 0.29) is 29.4 Å². The zero-order valence-corrected chi connectivity index (χ0v) is 23.3. The number of hydrogen-bond acceptors (Lipinski definition) is 6. The van der Waals surface area contributed by atoms with E-state index in [0.717, 1.165) is 0 Å². The molecule has 0 spiro atoms. The van der Waals surface area contributed by atoms with Crippen LogP contribution in [0.1, 0.15) is 36.0 Å². The molecule has 0 fully saturated rings. The average molecular weight is 638 g/mol. The Balaban J connectivity index is 1.92. The van der Waals surface area contributed by atoms with E-state index in [0.29, 0.717) is 20.2 Å². The lowest BCUT2D eigenvalue weighted by atomic mass is 9.91. The number of esters is 1. The van der Waals surface area contributed by atoms with Crippen LogP contribution in [-0.2, 0) is 19.0 Å². The van der Waals surface area contributed by atoms with Crippen LogP contribution in [0.5, 0.6) is 0 Å². The summed E-state index contributed by atoms with van der Waals surface area (Å²) < 4.78 is 38.1. The van der Waals surface area contributed by atoms with E-state index >= 15 is 4.39 Å². The van der Waals surface area contributed by atoms with Crippen molar-refractivity contribution in [3.63, 3.8) is 0 Å². The fourth-order valence-electron chi connectivity index (χ4n) is 4.06. The van der Waals surface area contributed by atoms with Crippen molar-refractivity contribution in [2.75, 3.05) is 25.9 Å². The van der Waals surface area contributed by atoms with Crippen LogP contribution in [0.25, 0.3) is 5.70 Å². The maximum Gasteiger partial charge on any atom is 0.338 e. The van der Waals surface area contributed by atoms with Crippen molar-refractivity contribution < 1.29 is 32.6 Å². The number of amides is 2. The van der Waals surface area contributed by atoms with Crippen molar-refractivity contribution in [3.05, 3.63) is 92.0 Å². The maximum absolute atomic E-state index is 15.6. The number of carbonyl (C=O) groups is 2. The van der Waals surface area contributed by atoms with Crippen LogP contribution in [0.3, 0.4) is 0 Å². The quantitative estimate of drug-likeness (QED) is 0.225. The minimum atomic E-state index is -1.18. The molecule has 0 aliphatic carbocycles. The molecular formula is C26H23Br2FN2O6. The second-order valence-electron chi connectivity index (χ2n) is 8.04. The third-order valence-electron chi connectivity index (χ3n) is 5.77. The lowest BCUT2D eigenvalue weighted by molar-refractivity contribution is -0.136. The summed E-state index contributed by atoms with van der Waals surface area (Å²) >= 11 is 6.89. The van der Waals surface area contributed by atoms with Gasteiger partial charge < -0.3 is 23.9 Å². The van der Waals surface area contributed by atoms with E-state index in [4.69, 9.17) is 18.6 Å². The number of furan rings is 1. The monoisotopic (exact) mass is 636 g/mol. The normalized spacial score (nSPS) is 16.5. The Kier molecular flexibility index (Phi) is 8.48. The van der Waals surface area contributed by atoms with Crippen molar-refractivity contribution in [1.29, 1.82) is 0 Å². The SMILES string of the molecule is COCOC(C)c1cc(F)c(C2NC(=O)N(c3cccc(Br)c3)C(c3ccco3)=C2C(=O)OC)cc1Br. The second kappa shape index (κ2) is 11.6. The number of urea groups is 1. The molecule has 2 amide bonds. The number of rotatable bonds is 8. The number of methoxy groups -OCH3 is 2. The number of hydrogen-bond donors (Lipinski definition) is 1. The van der Waals surface area contributed by atoms with Crippen LogP contribution < -0.4 is 10.2 Å². The lowest BCUT2D eigenvalue weighted by Crippen LogP contribution is -2.48. The highest BCUT2D eigenvalue weighted by Gasteiger charge is 2.42. The van der Waals surface area contributed by atoms with Gasteiger partial charge in [0.2, 0.25) is 0 Å². The molecule has 11 heteroatoms. The summed E-state index contributed by atoms with van der Waals surface area (Å²) in [7, 11) is 2.71. The molecule has 0 saturated carbocycles. The van der Waals surface area contributed by atoms with Crippen LogP contribution in [0, 0.1) is 5.82 Å². The first-order valence-corrected chi connectivity index (χ1v) is 12.7. The number of anilines is 1. The number of nitrogens with one attached hydrogen (secondary N) is 1. The molecular weight excluding hydrogens is 615 g/mol. The van der Waals surface area contributed by atoms with Crippen molar-refractivity contribution in [2.24, 2.45) is 0 Å². The summed E-state index contributed by atoms with van der Waals surface area (Å²) in [5, 5.41) is 2.77. The Morgan fingerprint density at radius 3 is 2.62 bits per heavy atom. The number of benzene rings is 2. The van der Waals surface area contributed by atoms with E-state index in [2.05, 4.69) is 37.2 Å². The van der Waals surface area contributed by atoms with E-state index in [1.807, 2.05) is 0 Å². The molecule has 1 aromatic heterocycles. The molecule has 1 aliphatic rings. The molecule has 8 nitrogen and oxygen atoms in total. The number of nitrogens with zero attached hydrogens (tertiary/aromatic N) is 1. The van der Waals surface area contributed by atoms with Gasteiger partial charge in [-0.3, -0.25) is 4.90 Å². The summed E-state index contributed by atoms with van der Waals surface area (Å²) in [6, 6.07) is 11.3. The van der Waals surface area contributed by atoms with Gasteiger partial charge in [0.05, 0.1) is 36.8 Å². The fourth-order valence-corrected chi connectivity index (χ4v) is 5.14. The highest BCUT2D eigenvalue weighted by atomic mass is 79.9. The van der Waals surface area contributed by atoms with E-state index < -0.39 is 30.0 Å². The first-order valence-electron chi connectivity index (χ1n) is 11.1. The largest absolute Gasteiger partial charge is 0.466 e. The minimum absolute atomic E-state index is 0.000688. The molecule has 2 aromatic carbocycles. The van der Waals surface area contributed by atoms with Crippen molar-refractivity contribution in [3.8, 4) is 0 Å². The van der Waals surface area contributed by atoms with Crippen LogP contribution >= 0.6 is 31.9 Å². The Bertz CT molecular complexity index is 1340. The van der Waals surface area contributed by atoms with E-state index in [9.17, 15) is 9.59 Å². The van der Waals surface area contributed by atoms with Crippen molar-refractivity contribution in [2.45, 2.75) is 19.1 Å². The highest BCUT2D eigenvalue weighted by Crippen LogP contribution is 2.41. The van der Waals surface area contributed by atoms with Crippen LogP contribution in [-0.4, -0.2) is 33.0 Å². The van der Waals surface area contributed by atoms with Gasteiger partial charge in [-0.1, -0.05) is 37.9 Å². The van der Waals surface area contributed by atoms with Gasteiger partial charge in [0.25, 0.3) is 0 Å². The molecule has 2 unspecified atom stereocenters. The third kappa shape index (κ3) is 5.49. The summed E-state index contributed by atoms with van der Waals surface area (Å²) in [4.78, 5) is 28.1. The molecule has 3 aromatic rings. The van der Waals surface area contributed by atoms with Crippen molar-refractivity contribution in [1.82, 2.24) is 5.32 Å². The molecule has 4 rings (SSSR count). The van der Waals surface area contributed by atoms with Gasteiger partial charge in [-0.05, 0) is 55.0 Å². The van der Waals surface area contributed by atoms with Gasteiger partial charge >= 0.3 is 12.0 Å². The van der Waals surface area contributed by atoms with Crippen LogP contribution in [0.2, 0.25) is 0 Å². The first kappa shape index (κ1) is 27.1. The highest BCUT2D eigenvalue weighted by molar-refractivity contribution is 9.10. The average Bonchev–Trinajstić information content (AvgIpc) is 3.42. The molecule has 2 heterocycles. The fraction of sp³-hybridized carbons (Fsp3) is 0.231. The molecule has 0 bridgehead atoms. The molecule has 0 radical (unpaired) electrons. The smallest absolute Gasteiger partial charge is 0.338 e. The predicted molar refractivity (Wildman–Crippen MR) is 141 cm³/mol. The van der Waals surface area contributed by atoms with Gasteiger partial charge in [-0.2, -0.15) is 0 Å². The Morgan fingerprint density at radius 1 is 1.19 bits per heavy atom. The van der Waals surface area contributed by atoms with Crippen LogP contribution in [0.4, 0.5) is 14.9 Å². The third-order valence-corrected chi connectivity index (χ3v) is 6.95. The molecule has 1 aliphatic heterocycles. The van der Waals surface area contributed by atoms with E-state index in [1.54, 1.807) is 43.3 Å². The molecule has 194 valence electrons. The summed E-state index contributed by atoms with van der Waals surface area (Å²) in [6.07, 6.45) is 0.936. The van der Waals surface area contributed by atoms with Gasteiger partial charge in [0.1, 0.15) is 18.3 Å². The summed E-state index contributed by atoms with van der Waals surface area (Å²) in [5.74, 6) is -1.17. The Labute approximate surface area is 229 Å². The van der Waals surface area contributed by atoms with E-state index in [1.165, 1.54) is 37.5 Å². The molecule has 2 atom stereocenters. The standard InChI is InChI=1S/C26H23Br2FN2O6/c1-14(37-13-34-2)17-12-20(29)18(11-19(17)28)23-22(25(32)35-3)24(21-8-5-9-36-21)31(26(33)30-23)16-7-4-6-15(27)10-16/h4-12,14,23H,13H2,1-3H3,(H,30,33). The predicted octanol–water partition coefficient (Wildman–Crippen LogP) is 6.48. The number of ether oxygens (including phenoxy) is 3. The Morgan fingerprint density at radius 2 is 1.97 bits per heavy atom. The minimum Gasteiger partial charge on any atom is -0.466 e. The summed E-state index contributed by atoms with van der Waals surface area (Å²) in [5.41, 5.74) is 1.19. The number of carbonyl (C=O) groups excluding carboxylic acids is 2. The molecule has 0 saturated heterocycles. The Hall–Kier alpha value is -2.99. The van der Waals surface area contributed by atoms with Gasteiger partial charge in [-0.25, -0.2) is 14.0 Å². The topological polar surface area (TPSA) is 90.2 Å². The van der Waals surface area contributed by atoms with Crippen LogP contribution in [0.15, 0.2) is 73.7 Å². The maximum atomic E-state index is 15.6.